The first kappa shape index (κ1) is 12.9. The first-order valence-corrected chi connectivity index (χ1v) is 6.68. The third-order valence-electron chi connectivity index (χ3n) is 2.70. The summed E-state index contributed by atoms with van der Waals surface area (Å²) in [6, 6.07) is 0. The standard InChI is InChI=1S/C12H16N4OS/c1-7(2)5-11-10(6-17)14-15-16(11)12-13-8(3)9(4)18-12/h6-7H,5H2,1-4H3. The Morgan fingerprint density at radius 3 is 2.61 bits per heavy atom. The Labute approximate surface area is 110 Å². The van der Waals surface area contributed by atoms with Crippen LogP contribution in [0.2, 0.25) is 0 Å². The van der Waals surface area contributed by atoms with Crippen molar-refractivity contribution in [2.75, 3.05) is 0 Å². The molecule has 5 nitrogen and oxygen atoms in total. The minimum Gasteiger partial charge on any atom is -0.296 e. The van der Waals surface area contributed by atoms with Crippen LogP contribution in [0.1, 0.15) is 40.6 Å². The first-order chi connectivity index (χ1) is 8.52. The molecule has 2 heterocycles. The molecule has 0 bridgehead atoms. The van der Waals surface area contributed by atoms with E-state index in [0.717, 1.165) is 34.1 Å². The highest BCUT2D eigenvalue weighted by Gasteiger charge is 2.17. The number of aldehydes is 1. The van der Waals surface area contributed by atoms with E-state index in [1.165, 1.54) is 0 Å². The number of hydrogen-bond donors (Lipinski definition) is 0. The predicted octanol–water partition coefficient (Wildman–Crippen LogP) is 2.35. The molecular formula is C12H16N4OS. The highest BCUT2D eigenvalue weighted by molar-refractivity contribution is 7.14. The fourth-order valence-corrected chi connectivity index (χ4v) is 2.57. The molecule has 0 aliphatic rings. The second-order valence-electron chi connectivity index (χ2n) is 4.69. The van der Waals surface area contributed by atoms with Gasteiger partial charge in [0.15, 0.2) is 6.29 Å². The van der Waals surface area contributed by atoms with E-state index in [0.29, 0.717) is 11.6 Å². The van der Waals surface area contributed by atoms with Crippen molar-refractivity contribution < 1.29 is 4.79 Å². The maximum atomic E-state index is 11.0. The molecule has 0 amide bonds. The number of carbonyl (C=O) groups is 1. The van der Waals surface area contributed by atoms with E-state index < -0.39 is 0 Å². The van der Waals surface area contributed by atoms with E-state index >= 15 is 0 Å². The van der Waals surface area contributed by atoms with E-state index in [-0.39, 0.29) is 0 Å². The molecule has 0 atom stereocenters. The summed E-state index contributed by atoms with van der Waals surface area (Å²) in [6.07, 6.45) is 1.52. The molecule has 0 saturated carbocycles. The van der Waals surface area contributed by atoms with Gasteiger partial charge in [-0.15, -0.1) is 5.10 Å². The Bertz CT molecular complexity index is 551. The van der Waals surface area contributed by atoms with E-state index in [1.54, 1.807) is 16.0 Å². The topological polar surface area (TPSA) is 60.7 Å². The summed E-state index contributed by atoms with van der Waals surface area (Å²) in [7, 11) is 0. The summed E-state index contributed by atoms with van der Waals surface area (Å²) < 4.78 is 1.69. The molecular weight excluding hydrogens is 248 g/mol. The predicted molar refractivity (Wildman–Crippen MR) is 70.4 cm³/mol. The summed E-state index contributed by atoms with van der Waals surface area (Å²) in [5.41, 5.74) is 2.25. The van der Waals surface area contributed by atoms with Crippen molar-refractivity contribution in [2.45, 2.75) is 34.1 Å². The molecule has 0 spiro atoms. The van der Waals surface area contributed by atoms with Gasteiger partial charge in [0.2, 0.25) is 5.13 Å². The molecule has 2 rings (SSSR count). The summed E-state index contributed by atoms with van der Waals surface area (Å²) in [5.74, 6) is 0.433. The van der Waals surface area contributed by atoms with Gasteiger partial charge in [0.25, 0.3) is 0 Å². The number of thiazole rings is 1. The fraction of sp³-hybridized carbons (Fsp3) is 0.500. The molecule has 18 heavy (non-hydrogen) atoms. The third kappa shape index (κ3) is 2.33. The molecule has 0 aromatic carbocycles. The van der Waals surface area contributed by atoms with Crippen LogP contribution >= 0.6 is 11.3 Å². The van der Waals surface area contributed by atoms with Crippen molar-refractivity contribution in [3.8, 4) is 5.13 Å². The molecule has 6 heteroatoms. The maximum Gasteiger partial charge on any atom is 0.212 e. The summed E-state index contributed by atoms with van der Waals surface area (Å²) in [6.45, 7) is 8.19. The minimum absolute atomic E-state index is 0.411. The molecule has 0 saturated heterocycles. The maximum absolute atomic E-state index is 11.0. The number of nitrogens with zero attached hydrogens (tertiary/aromatic N) is 4. The molecule has 2 aromatic rings. The quantitative estimate of drug-likeness (QED) is 0.795. The Morgan fingerprint density at radius 1 is 1.39 bits per heavy atom. The average Bonchev–Trinajstić information content (AvgIpc) is 2.83. The Hall–Kier alpha value is -1.56. The third-order valence-corrected chi connectivity index (χ3v) is 3.75. The number of aryl methyl sites for hydroxylation is 2. The lowest BCUT2D eigenvalue weighted by molar-refractivity contribution is 0.111. The van der Waals surface area contributed by atoms with Crippen LogP contribution in [-0.4, -0.2) is 26.3 Å². The van der Waals surface area contributed by atoms with E-state index in [4.69, 9.17) is 0 Å². The summed E-state index contributed by atoms with van der Waals surface area (Å²) in [5, 5.41) is 8.74. The van der Waals surface area contributed by atoms with Gasteiger partial charge in [0, 0.05) is 4.88 Å². The van der Waals surface area contributed by atoms with Gasteiger partial charge in [-0.2, -0.15) is 4.68 Å². The van der Waals surface area contributed by atoms with Crippen LogP contribution in [0.25, 0.3) is 5.13 Å². The van der Waals surface area contributed by atoms with Crippen LogP contribution in [0.5, 0.6) is 0 Å². The lowest BCUT2D eigenvalue weighted by Gasteiger charge is -2.05. The largest absolute Gasteiger partial charge is 0.296 e. The zero-order chi connectivity index (χ0) is 13.3. The van der Waals surface area contributed by atoms with Crippen LogP contribution in [0.15, 0.2) is 0 Å². The Kier molecular flexibility index (Phi) is 3.56. The van der Waals surface area contributed by atoms with Gasteiger partial charge in [-0.25, -0.2) is 4.98 Å². The van der Waals surface area contributed by atoms with Gasteiger partial charge in [-0.05, 0) is 26.2 Å². The zero-order valence-corrected chi connectivity index (χ0v) is 11.8. The molecule has 0 fully saturated rings. The second-order valence-corrected chi connectivity index (χ2v) is 5.87. The van der Waals surface area contributed by atoms with Crippen molar-refractivity contribution in [3.63, 3.8) is 0 Å². The van der Waals surface area contributed by atoms with E-state index in [1.807, 2.05) is 13.8 Å². The van der Waals surface area contributed by atoms with Crippen molar-refractivity contribution in [1.82, 2.24) is 20.0 Å². The monoisotopic (exact) mass is 264 g/mol. The lowest BCUT2D eigenvalue weighted by atomic mass is 10.1. The van der Waals surface area contributed by atoms with Crippen molar-refractivity contribution in [1.29, 1.82) is 0 Å². The smallest absolute Gasteiger partial charge is 0.212 e. The Balaban J connectivity index is 2.50. The average molecular weight is 264 g/mol. The SMILES string of the molecule is Cc1nc(-n2nnc(C=O)c2CC(C)C)sc1C. The lowest BCUT2D eigenvalue weighted by Crippen LogP contribution is -2.06. The molecule has 0 aliphatic heterocycles. The molecule has 0 N–H and O–H groups in total. The van der Waals surface area contributed by atoms with Gasteiger partial charge in [0.05, 0.1) is 11.4 Å². The van der Waals surface area contributed by atoms with Crippen LogP contribution < -0.4 is 0 Å². The number of rotatable bonds is 4. The van der Waals surface area contributed by atoms with Gasteiger partial charge in [-0.3, -0.25) is 4.79 Å². The van der Waals surface area contributed by atoms with Gasteiger partial charge >= 0.3 is 0 Å². The second kappa shape index (κ2) is 4.97. The van der Waals surface area contributed by atoms with Gasteiger partial charge in [0.1, 0.15) is 5.69 Å². The van der Waals surface area contributed by atoms with Crippen LogP contribution in [0.4, 0.5) is 0 Å². The number of hydrogen-bond acceptors (Lipinski definition) is 5. The number of aromatic nitrogens is 4. The van der Waals surface area contributed by atoms with Crippen LogP contribution in [0.3, 0.4) is 0 Å². The van der Waals surface area contributed by atoms with Crippen molar-refractivity contribution in [3.05, 3.63) is 22.0 Å². The first-order valence-electron chi connectivity index (χ1n) is 5.87. The van der Waals surface area contributed by atoms with E-state index in [9.17, 15) is 4.79 Å². The van der Waals surface area contributed by atoms with Gasteiger partial charge in [-0.1, -0.05) is 30.4 Å². The zero-order valence-electron chi connectivity index (χ0n) is 11.0. The van der Waals surface area contributed by atoms with Gasteiger partial charge < -0.3 is 0 Å². The Morgan fingerprint density at radius 2 is 2.11 bits per heavy atom. The van der Waals surface area contributed by atoms with Crippen LogP contribution in [0, 0.1) is 19.8 Å². The van der Waals surface area contributed by atoms with Crippen molar-refractivity contribution in [2.24, 2.45) is 5.92 Å². The molecule has 0 radical (unpaired) electrons. The molecule has 2 aromatic heterocycles. The minimum atomic E-state index is 0.411. The number of carbonyl (C=O) groups excluding carboxylic acids is 1. The normalized spacial score (nSPS) is 11.2. The fourth-order valence-electron chi connectivity index (χ4n) is 1.68. The van der Waals surface area contributed by atoms with Crippen LogP contribution in [-0.2, 0) is 6.42 Å². The highest BCUT2D eigenvalue weighted by atomic mass is 32.1. The molecule has 0 unspecified atom stereocenters. The molecule has 96 valence electrons. The summed E-state index contributed by atoms with van der Waals surface area (Å²) in [4.78, 5) is 16.6. The van der Waals surface area contributed by atoms with E-state index in [2.05, 4.69) is 29.1 Å². The highest BCUT2D eigenvalue weighted by Crippen LogP contribution is 2.22. The molecule has 0 aliphatic carbocycles. The van der Waals surface area contributed by atoms with Crippen molar-refractivity contribution >= 4 is 17.6 Å². The summed E-state index contributed by atoms with van der Waals surface area (Å²) >= 11 is 1.57.